The first-order valence-electron chi connectivity index (χ1n) is 11.0. The number of nitrogens with one attached hydrogen (secondary N) is 1. The number of rotatable bonds is 6. The molecule has 1 aliphatic rings. The molecule has 2 heterocycles. The van der Waals surface area contributed by atoms with E-state index in [1.807, 2.05) is 6.92 Å². The molecule has 0 spiro atoms. The Labute approximate surface area is 185 Å². The maximum absolute atomic E-state index is 13.1. The van der Waals surface area contributed by atoms with Crippen molar-refractivity contribution in [2.75, 3.05) is 11.9 Å². The van der Waals surface area contributed by atoms with Gasteiger partial charge in [0.15, 0.2) is 0 Å². The molecule has 0 bridgehead atoms. The molecule has 2 aromatic heterocycles. The number of aryl methyl sites for hydroxylation is 1. The largest absolute Gasteiger partial charge is 0.494 e. The highest BCUT2D eigenvalue weighted by atomic mass is 16.5. The van der Waals surface area contributed by atoms with Crippen molar-refractivity contribution >= 4 is 22.5 Å². The molecule has 1 aliphatic carbocycles. The number of amides is 1. The van der Waals surface area contributed by atoms with Crippen molar-refractivity contribution in [1.29, 1.82) is 0 Å². The summed E-state index contributed by atoms with van der Waals surface area (Å²) < 4.78 is 8.38. The Bertz CT molecular complexity index is 1220. The van der Waals surface area contributed by atoms with Crippen LogP contribution in [0.15, 0.2) is 52.3 Å². The van der Waals surface area contributed by atoms with Crippen LogP contribution in [0.4, 0.5) is 5.69 Å². The lowest BCUT2D eigenvalue weighted by atomic mass is 9.81. The van der Waals surface area contributed by atoms with Gasteiger partial charge in [-0.1, -0.05) is 0 Å². The maximum Gasteiger partial charge on any atom is 0.331 e. The van der Waals surface area contributed by atoms with Crippen LogP contribution < -0.4 is 21.3 Å². The van der Waals surface area contributed by atoms with Crippen molar-refractivity contribution in [3.63, 3.8) is 0 Å². The van der Waals surface area contributed by atoms with Crippen molar-refractivity contribution < 1.29 is 9.53 Å². The van der Waals surface area contributed by atoms with Crippen LogP contribution in [0, 0.1) is 11.8 Å². The summed E-state index contributed by atoms with van der Waals surface area (Å²) in [6.45, 7) is 2.75. The number of ether oxygens (including phenoxy) is 1. The van der Waals surface area contributed by atoms with E-state index in [-0.39, 0.29) is 29.0 Å². The lowest BCUT2D eigenvalue weighted by Gasteiger charge is -2.28. The summed E-state index contributed by atoms with van der Waals surface area (Å²) >= 11 is 0. The third-order valence-electron chi connectivity index (χ3n) is 6.24. The van der Waals surface area contributed by atoms with Gasteiger partial charge in [-0.25, -0.2) is 4.79 Å². The predicted octanol–water partition coefficient (Wildman–Crippen LogP) is 2.94. The summed E-state index contributed by atoms with van der Waals surface area (Å²) in [6.07, 6.45) is 6.34. The fourth-order valence-corrected chi connectivity index (χ4v) is 4.46. The van der Waals surface area contributed by atoms with E-state index in [1.54, 1.807) is 49.8 Å². The number of pyridine rings is 1. The van der Waals surface area contributed by atoms with E-state index in [1.165, 1.54) is 9.13 Å². The van der Waals surface area contributed by atoms with Crippen LogP contribution in [0.3, 0.4) is 0 Å². The molecule has 4 rings (SSSR count). The van der Waals surface area contributed by atoms with E-state index in [0.717, 1.165) is 31.4 Å². The second-order valence-electron chi connectivity index (χ2n) is 8.31. The monoisotopic (exact) mass is 436 g/mol. The average molecular weight is 437 g/mol. The Morgan fingerprint density at radius 2 is 1.84 bits per heavy atom. The number of aromatic nitrogens is 3. The van der Waals surface area contributed by atoms with Gasteiger partial charge in [-0.3, -0.25) is 23.7 Å². The minimum Gasteiger partial charge on any atom is -0.494 e. The van der Waals surface area contributed by atoms with E-state index < -0.39 is 0 Å². The molecule has 0 unspecified atom stereocenters. The Morgan fingerprint density at radius 1 is 1.12 bits per heavy atom. The number of anilines is 1. The average Bonchev–Trinajstić information content (AvgIpc) is 2.81. The first kappa shape index (κ1) is 21.8. The number of hydrogen-bond donors (Lipinski definition) is 1. The molecule has 0 atom stereocenters. The van der Waals surface area contributed by atoms with Gasteiger partial charge < -0.3 is 10.1 Å². The number of fused-ring (bicyclic) bond motifs is 1. The van der Waals surface area contributed by atoms with Gasteiger partial charge in [0.2, 0.25) is 5.91 Å². The zero-order valence-corrected chi connectivity index (χ0v) is 18.4. The number of carbonyl (C=O) groups excluding carboxylic acids is 1. The SMILES string of the molecule is CCOc1ccc2c(c1)c(=O)n(CC1CCC(C(=O)Nc3ccncc3)CC1)c(=O)n2C. The van der Waals surface area contributed by atoms with Crippen molar-refractivity contribution in [1.82, 2.24) is 14.1 Å². The number of nitrogens with zero attached hydrogens (tertiary/aromatic N) is 3. The minimum atomic E-state index is -0.316. The molecule has 1 amide bonds. The molecule has 3 aromatic rings. The maximum atomic E-state index is 13.1. The van der Waals surface area contributed by atoms with Crippen molar-refractivity contribution in [2.45, 2.75) is 39.2 Å². The summed E-state index contributed by atoms with van der Waals surface area (Å²) in [7, 11) is 1.68. The molecule has 1 N–H and O–H groups in total. The molecule has 168 valence electrons. The predicted molar refractivity (Wildman–Crippen MR) is 123 cm³/mol. The second kappa shape index (κ2) is 9.38. The Hall–Kier alpha value is -3.42. The van der Waals surface area contributed by atoms with Crippen LogP contribution in [0.1, 0.15) is 32.6 Å². The summed E-state index contributed by atoms with van der Waals surface area (Å²) in [6, 6.07) is 8.76. The summed E-state index contributed by atoms with van der Waals surface area (Å²) in [5, 5.41) is 3.41. The summed E-state index contributed by atoms with van der Waals surface area (Å²) in [5.74, 6) is 0.738. The third kappa shape index (κ3) is 4.44. The van der Waals surface area contributed by atoms with Crippen LogP contribution in [0.2, 0.25) is 0 Å². The van der Waals surface area contributed by atoms with Crippen LogP contribution in [-0.2, 0) is 18.4 Å². The smallest absolute Gasteiger partial charge is 0.331 e. The molecular formula is C24H28N4O4. The van der Waals surface area contributed by atoms with E-state index in [0.29, 0.717) is 29.8 Å². The highest BCUT2D eigenvalue weighted by molar-refractivity contribution is 5.92. The normalized spacial score (nSPS) is 18.4. The zero-order chi connectivity index (χ0) is 22.7. The molecule has 1 fully saturated rings. The Morgan fingerprint density at radius 3 is 2.53 bits per heavy atom. The fourth-order valence-electron chi connectivity index (χ4n) is 4.46. The van der Waals surface area contributed by atoms with Gasteiger partial charge in [0, 0.05) is 37.6 Å². The van der Waals surface area contributed by atoms with Gasteiger partial charge >= 0.3 is 5.69 Å². The van der Waals surface area contributed by atoms with Gasteiger partial charge in [0.05, 0.1) is 17.5 Å². The minimum absolute atomic E-state index is 0.0110. The lowest BCUT2D eigenvalue weighted by molar-refractivity contribution is -0.121. The van der Waals surface area contributed by atoms with E-state index in [4.69, 9.17) is 4.74 Å². The van der Waals surface area contributed by atoms with Gasteiger partial charge in [0.1, 0.15) is 5.75 Å². The molecular weight excluding hydrogens is 408 g/mol. The van der Waals surface area contributed by atoms with Crippen molar-refractivity contribution in [3.8, 4) is 5.75 Å². The summed E-state index contributed by atoms with van der Waals surface area (Å²) in [5.41, 5.74) is 0.729. The third-order valence-corrected chi connectivity index (χ3v) is 6.24. The Kier molecular flexibility index (Phi) is 6.39. The molecule has 32 heavy (non-hydrogen) atoms. The zero-order valence-electron chi connectivity index (χ0n) is 18.4. The van der Waals surface area contributed by atoms with Crippen LogP contribution in [0.25, 0.3) is 10.9 Å². The number of carbonyl (C=O) groups is 1. The molecule has 0 radical (unpaired) electrons. The quantitative estimate of drug-likeness (QED) is 0.641. The highest BCUT2D eigenvalue weighted by Crippen LogP contribution is 2.30. The van der Waals surface area contributed by atoms with E-state index in [9.17, 15) is 14.4 Å². The van der Waals surface area contributed by atoms with E-state index >= 15 is 0 Å². The first-order chi connectivity index (χ1) is 15.5. The highest BCUT2D eigenvalue weighted by Gasteiger charge is 2.27. The number of benzene rings is 1. The molecule has 0 aliphatic heterocycles. The van der Waals surface area contributed by atoms with Crippen molar-refractivity contribution in [2.24, 2.45) is 18.9 Å². The first-order valence-corrected chi connectivity index (χ1v) is 11.0. The van der Waals surface area contributed by atoms with Gasteiger partial charge in [-0.15, -0.1) is 0 Å². The molecule has 8 nitrogen and oxygen atoms in total. The van der Waals surface area contributed by atoms with Crippen LogP contribution >= 0.6 is 0 Å². The molecule has 1 saturated carbocycles. The lowest BCUT2D eigenvalue weighted by Crippen LogP contribution is -2.41. The molecule has 8 heteroatoms. The second-order valence-corrected chi connectivity index (χ2v) is 8.31. The Balaban J connectivity index is 1.48. The number of hydrogen-bond acceptors (Lipinski definition) is 5. The van der Waals surface area contributed by atoms with Crippen LogP contribution in [0.5, 0.6) is 5.75 Å². The van der Waals surface area contributed by atoms with Gasteiger partial charge in [0.25, 0.3) is 5.56 Å². The van der Waals surface area contributed by atoms with Gasteiger partial charge in [-0.2, -0.15) is 0 Å². The fraction of sp³-hybridized carbons (Fsp3) is 0.417. The molecule has 1 aromatic carbocycles. The van der Waals surface area contributed by atoms with Crippen molar-refractivity contribution in [3.05, 3.63) is 63.6 Å². The van der Waals surface area contributed by atoms with Crippen LogP contribution in [-0.4, -0.2) is 26.6 Å². The van der Waals surface area contributed by atoms with E-state index in [2.05, 4.69) is 10.3 Å². The topological polar surface area (TPSA) is 95.2 Å². The summed E-state index contributed by atoms with van der Waals surface area (Å²) in [4.78, 5) is 42.5. The standard InChI is InChI=1S/C24H28N4O4/c1-3-32-19-8-9-21-20(14-19)23(30)28(24(31)27(21)2)15-16-4-6-17(7-5-16)22(29)26-18-10-12-25-13-11-18/h8-14,16-17H,3-7,15H2,1-2H3,(H,25,26,29). The van der Waals surface area contributed by atoms with Gasteiger partial charge in [-0.05, 0) is 68.9 Å². The molecule has 0 saturated heterocycles.